The average molecular weight is 174 g/mol. The summed E-state index contributed by atoms with van der Waals surface area (Å²) in [5.41, 5.74) is 5.30. The van der Waals surface area contributed by atoms with Crippen LogP contribution in [0.3, 0.4) is 0 Å². The Labute approximate surface area is 71.1 Å². The summed E-state index contributed by atoms with van der Waals surface area (Å²) in [6.45, 7) is 1.36. The minimum atomic E-state index is -0.345. The van der Waals surface area contributed by atoms with E-state index in [-0.39, 0.29) is 18.7 Å². The van der Waals surface area contributed by atoms with Gasteiger partial charge in [-0.2, -0.15) is 0 Å². The highest BCUT2D eigenvalue weighted by Gasteiger charge is 2.31. The molecule has 1 heterocycles. The normalized spacial score (nSPS) is 23.0. The minimum absolute atomic E-state index is 0.0453. The van der Waals surface area contributed by atoms with Gasteiger partial charge in [0, 0.05) is 6.54 Å². The molecule has 0 aromatic carbocycles. The molecule has 0 spiro atoms. The molecule has 70 valence electrons. The van der Waals surface area contributed by atoms with Crippen LogP contribution in [0, 0.1) is 0 Å². The van der Waals surface area contributed by atoms with Crippen LogP contribution in [0.5, 0.6) is 0 Å². The first-order valence-electron chi connectivity index (χ1n) is 4.04. The number of nitrogens with zero attached hydrogens (tertiary/aromatic N) is 1. The number of rotatable bonds is 4. The number of carbonyl (C=O) groups excluding carboxylic acids is 1. The Hall–Kier alpha value is -0.810. The van der Waals surface area contributed by atoms with Crippen LogP contribution in [0.4, 0.5) is 4.79 Å². The van der Waals surface area contributed by atoms with Crippen molar-refractivity contribution in [3.63, 3.8) is 0 Å². The second-order valence-corrected chi connectivity index (χ2v) is 2.75. The molecule has 0 radical (unpaired) electrons. The number of aliphatic hydroxyl groups excluding tert-OH is 1. The maximum Gasteiger partial charge on any atom is 0.410 e. The Balaban J connectivity index is 2.40. The largest absolute Gasteiger partial charge is 0.447 e. The molecule has 1 saturated heterocycles. The number of nitrogens with two attached hydrogens (primary N) is 1. The lowest BCUT2D eigenvalue weighted by atomic mass is 10.3. The number of aliphatic hydroxyl groups is 1. The lowest BCUT2D eigenvalue weighted by Gasteiger charge is -2.18. The van der Waals surface area contributed by atoms with E-state index in [1.165, 1.54) is 4.90 Å². The van der Waals surface area contributed by atoms with Crippen molar-refractivity contribution in [2.75, 3.05) is 26.3 Å². The number of hydrogen-bond acceptors (Lipinski definition) is 4. The summed E-state index contributed by atoms with van der Waals surface area (Å²) >= 11 is 0. The second kappa shape index (κ2) is 4.27. The van der Waals surface area contributed by atoms with Gasteiger partial charge in [-0.3, -0.25) is 4.90 Å². The molecule has 1 fully saturated rings. The summed E-state index contributed by atoms with van der Waals surface area (Å²) in [5, 5.41) is 8.85. The first-order valence-corrected chi connectivity index (χ1v) is 4.04. The molecule has 1 aliphatic heterocycles. The van der Waals surface area contributed by atoms with E-state index in [9.17, 15) is 4.79 Å². The van der Waals surface area contributed by atoms with E-state index in [4.69, 9.17) is 15.6 Å². The maximum absolute atomic E-state index is 11.0. The van der Waals surface area contributed by atoms with Crippen LogP contribution >= 0.6 is 0 Å². The first-order chi connectivity index (χ1) is 5.79. The van der Waals surface area contributed by atoms with E-state index in [2.05, 4.69) is 0 Å². The summed E-state index contributed by atoms with van der Waals surface area (Å²) in [6, 6.07) is -0.177. The van der Waals surface area contributed by atoms with Crippen molar-refractivity contribution in [1.29, 1.82) is 0 Å². The molecule has 0 saturated carbocycles. The summed E-state index contributed by atoms with van der Waals surface area (Å²) in [7, 11) is 0. The van der Waals surface area contributed by atoms with Crippen LogP contribution in [-0.2, 0) is 4.74 Å². The van der Waals surface area contributed by atoms with Crippen molar-refractivity contribution in [3.8, 4) is 0 Å². The standard InChI is InChI=1S/C7H14N2O3/c8-2-1-3-9-6(4-10)5-12-7(9)11/h6,10H,1-5,8H2/t6-/m1/s1. The molecule has 5 nitrogen and oxygen atoms in total. The van der Waals surface area contributed by atoms with Crippen LogP contribution in [-0.4, -0.2) is 48.4 Å². The van der Waals surface area contributed by atoms with E-state index in [1.807, 2.05) is 0 Å². The van der Waals surface area contributed by atoms with E-state index in [0.717, 1.165) is 6.42 Å². The van der Waals surface area contributed by atoms with Gasteiger partial charge in [-0.25, -0.2) is 4.79 Å². The number of ether oxygens (including phenoxy) is 1. The predicted molar refractivity (Wildman–Crippen MR) is 42.6 cm³/mol. The number of cyclic esters (lactones) is 1. The Bertz CT molecular complexity index is 163. The number of hydrogen-bond donors (Lipinski definition) is 2. The molecular formula is C7H14N2O3. The van der Waals surface area contributed by atoms with Crippen molar-refractivity contribution in [2.24, 2.45) is 5.73 Å². The molecule has 0 aliphatic carbocycles. The van der Waals surface area contributed by atoms with Crippen LogP contribution < -0.4 is 5.73 Å². The van der Waals surface area contributed by atoms with Crippen LogP contribution in [0.25, 0.3) is 0 Å². The number of amides is 1. The van der Waals surface area contributed by atoms with Crippen molar-refractivity contribution >= 4 is 6.09 Å². The quantitative estimate of drug-likeness (QED) is 0.582. The Morgan fingerprint density at radius 3 is 3.08 bits per heavy atom. The van der Waals surface area contributed by atoms with E-state index in [1.54, 1.807) is 0 Å². The third-order valence-corrected chi connectivity index (χ3v) is 1.89. The highest BCUT2D eigenvalue weighted by atomic mass is 16.6. The fourth-order valence-corrected chi connectivity index (χ4v) is 1.18. The summed E-state index contributed by atoms with van der Waals surface area (Å²) < 4.78 is 4.75. The van der Waals surface area contributed by atoms with Crippen LogP contribution in [0.1, 0.15) is 6.42 Å². The highest BCUT2D eigenvalue weighted by Crippen LogP contribution is 2.11. The SMILES string of the molecule is NCCCN1C(=O)OC[C@H]1CO. The van der Waals surface area contributed by atoms with Gasteiger partial charge in [-0.1, -0.05) is 0 Å². The van der Waals surface area contributed by atoms with Crippen molar-refractivity contribution < 1.29 is 14.6 Å². The van der Waals surface area contributed by atoms with Crippen LogP contribution in [0.15, 0.2) is 0 Å². The molecule has 3 N–H and O–H groups in total. The molecule has 0 aromatic heterocycles. The fourth-order valence-electron chi connectivity index (χ4n) is 1.18. The lowest BCUT2D eigenvalue weighted by Crippen LogP contribution is -2.37. The third kappa shape index (κ3) is 1.86. The van der Waals surface area contributed by atoms with Gasteiger partial charge in [0.1, 0.15) is 6.61 Å². The predicted octanol–water partition coefficient (Wildman–Crippen LogP) is -0.852. The Morgan fingerprint density at radius 2 is 2.50 bits per heavy atom. The van der Waals surface area contributed by atoms with Gasteiger partial charge in [0.2, 0.25) is 0 Å². The Kier molecular flexibility index (Phi) is 3.31. The molecule has 0 unspecified atom stereocenters. The minimum Gasteiger partial charge on any atom is -0.447 e. The monoisotopic (exact) mass is 174 g/mol. The first kappa shape index (κ1) is 9.28. The van der Waals surface area contributed by atoms with Crippen molar-refractivity contribution in [3.05, 3.63) is 0 Å². The molecular weight excluding hydrogens is 160 g/mol. The van der Waals surface area contributed by atoms with Crippen molar-refractivity contribution in [1.82, 2.24) is 4.90 Å². The topological polar surface area (TPSA) is 75.8 Å². The van der Waals surface area contributed by atoms with Gasteiger partial charge in [-0.05, 0) is 13.0 Å². The van der Waals surface area contributed by atoms with E-state index in [0.29, 0.717) is 19.7 Å². The van der Waals surface area contributed by atoms with Crippen LogP contribution in [0.2, 0.25) is 0 Å². The van der Waals surface area contributed by atoms with E-state index >= 15 is 0 Å². The maximum atomic E-state index is 11.0. The van der Waals surface area contributed by atoms with Gasteiger partial charge in [0.05, 0.1) is 12.6 Å². The number of carbonyl (C=O) groups is 1. The molecule has 1 atom stereocenters. The summed E-state index contributed by atoms with van der Waals surface area (Å²) in [4.78, 5) is 12.5. The molecule has 12 heavy (non-hydrogen) atoms. The van der Waals surface area contributed by atoms with Gasteiger partial charge in [0.25, 0.3) is 0 Å². The lowest BCUT2D eigenvalue weighted by molar-refractivity contribution is 0.153. The molecule has 1 rings (SSSR count). The summed E-state index contributed by atoms with van der Waals surface area (Å²) in [6.07, 6.45) is 0.397. The third-order valence-electron chi connectivity index (χ3n) is 1.89. The van der Waals surface area contributed by atoms with Gasteiger partial charge in [-0.15, -0.1) is 0 Å². The van der Waals surface area contributed by atoms with E-state index < -0.39 is 0 Å². The molecule has 1 amide bonds. The zero-order valence-corrected chi connectivity index (χ0v) is 6.90. The van der Waals surface area contributed by atoms with Gasteiger partial charge >= 0.3 is 6.09 Å². The zero-order chi connectivity index (χ0) is 8.97. The van der Waals surface area contributed by atoms with Crippen molar-refractivity contribution in [2.45, 2.75) is 12.5 Å². The Morgan fingerprint density at radius 1 is 1.75 bits per heavy atom. The van der Waals surface area contributed by atoms with Gasteiger partial charge < -0.3 is 15.6 Å². The average Bonchev–Trinajstić information content (AvgIpc) is 2.43. The highest BCUT2D eigenvalue weighted by molar-refractivity contribution is 5.70. The molecule has 5 heteroatoms. The smallest absolute Gasteiger partial charge is 0.410 e. The molecule has 1 aliphatic rings. The zero-order valence-electron chi connectivity index (χ0n) is 6.90. The fraction of sp³-hybridized carbons (Fsp3) is 0.857. The molecule has 0 bridgehead atoms. The van der Waals surface area contributed by atoms with Gasteiger partial charge in [0.15, 0.2) is 0 Å². The second-order valence-electron chi connectivity index (χ2n) is 2.75. The molecule has 0 aromatic rings. The summed E-state index contributed by atoms with van der Waals surface area (Å²) in [5.74, 6) is 0.